The molecule has 5 heteroatoms. The molecule has 4 rings (SSSR count). The molecule has 1 heterocycles. The first kappa shape index (κ1) is 17.7. The summed E-state index contributed by atoms with van der Waals surface area (Å²) in [7, 11) is 0. The Bertz CT molecular complexity index is 1170. The third-order valence-corrected chi connectivity index (χ3v) is 4.61. The van der Waals surface area contributed by atoms with Crippen molar-refractivity contribution in [2.24, 2.45) is 0 Å². The highest BCUT2D eigenvalue weighted by Gasteiger charge is 2.22. The van der Waals surface area contributed by atoms with E-state index >= 15 is 0 Å². The highest BCUT2D eigenvalue weighted by Crippen LogP contribution is 2.46. The van der Waals surface area contributed by atoms with Crippen molar-refractivity contribution >= 4 is 22.6 Å². The molecule has 0 radical (unpaired) electrons. The highest BCUT2D eigenvalue weighted by atomic mass is 16.5. The van der Waals surface area contributed by atoms with Gasteiger partial charge in [-0.15, -0.1) is 0 Å². The number of ether oxygens (including phenoxy) is 1. The van der Waals surface area contributed by atoms with Gasteiger partial charge in [0.2, 0.25) is 5.88 Å². The number of nitrogens with two attached hydrogens (primary N) is 1. The highest BCUT2D eigenvalue weighted by molar-refractivity contribution is 5.99. The van der Waals surface area contributed by atoms with Crippen LogP contribution in [0.3, 0.4) is 0 Å². The average molecular weight is 373 g/mol. The van der Waals surface area contributed by atoms with Gasteiger partial charge in [-0.2, -0.15) is 0 Å². The third-order valence-electron chi connectivity index (χ3n) is 4.61. The number of esters is 1. The molecule has 0 aliphatic rings. The molecule has 0 saturated carbocycles. The fourth-order valence-corrected chi connectivity index (χ4v) is 3.34. The van der Waals surface area contributed by atoms with E-state index in [-0.39, 0.29) is 18.2 Å². The van der Waals surface area contributed by atoms with Gasteiger partial charge in [0, 0.05) is 5.56 Å². The van der Waals surface area contributed by atoms with Crippen molar-refractivity contribution in [3.8, 4) is 28.2 Å². The van der Waals surface area contributed by atoms with E-state index in [1.807, 2.05) is 42.5 Å². The van der Waals surface area contributed by atoms with Crippen LogP contribution in [0, 0.1) is 0 Å². The Balaban J connectivity index is 1.85. The Labute approximate surface area is 162 Å². The standard InChI is InChI=1S/C23H19NO4/c1-2-27-23(26)16-10-5-9-15(13-16)19-20(25)21(28-22(19)24)18-12-6-8-14-7-3-4-11-17(14)18/h3-13,25H,2,24H2,1H3. The van der Waals surface area contributed by atoms with E-state index in [4.69, 9.17) is 14.9 Å². The lowest BCUT2D eigenvalue weighted by Crippen LogP contribution is -2.04. The van der Waals surface area contributed by atoms with Gasteiger partial charge in [-0.25, -0.2) is 4.79 Å². The van der Waals surface area contributed by atoms with Crippen LogP contribution >= 0.6 is 0 Å². The zero-order valence-corrected chi connectivity index (χ0v) is 15.3. The maximum Gasteiger partial charge on any atom is 0.338 e. The lowest BCUT2D eigenvalue weighted by molar-refractivity contribution is 0.0526. The summed E-state index contributed by atoms with van der Waals surface area (Å²) < 4.78 is 10.8. The Kier molecular flexibility index (Phi) is 4.49. The number of benzene rings is 3. The predicted molar refractivity (Wildman–Crippen MR) is 109 cm³/mol. The van der Waals surface area contributed by atoms with E-state index in [0.29, 0.717) is 22.5 Å². The lowest BCUT2D eigenvalue weighted by atomic mass is 10.00. The third kappa shape index (κ3) is 2.97. The van der Waals surface area contributed by atoms with E-state index in [1.54, 1.807) is 31.2 Å². The molecule has 4 aromatic rings. The quantitative estimate of drug-likeness (QED) is 0.478. The SMILES string of the molecule is CCOC(=O)c1cccc(-c2c(N)oc(-c3cccc4ccccc34)c2O)c1. The van der Waals surface area contributed by atoms with Crippen LogP contribution in [0.15, 0.2) is 71.1 Å². The summed E-state index contributed by atoms with van der Waals surface area (Å²) in [6.07, 6.45) is 0. The molecule has 1 aromatic heterocycles. The molecule has 0 atom stereocenters. The molecule has 0 amide bonds. The van der Waals surface area contributed by atoms with Crippen molar-refractivity contribution in [1.82, 2.24) is 0 Å². The maximum absolute atomic E-state index is 12.0. The van der Waals surface area contributed by atoms with Crippen molar-refractivity contribution in [1.29, 1.82) is 0 Å². The maximum atomic E-state index is 12.0. The zero-order valence-electron chi connectivity index (χ0n) is 15.3. The van der Waals surface area contributed by atoms with Gasteiger partial charge in [0.1, 0.15) is 0 Å². The van der Waals surface area contributed by atoms with Crippen LogP contribution in [0.5, 0.6) is 5.75 Å². The van der Waals surface area contributed by atoms with E-state index in [2.05, 4.69) is 0 Å². The average Bonchev–Trinajstić information content (AvgIpc) is 3.01. The lowest BCUT2D eigenvalue weighted by Gasteiger charge is -2.06. The first-order chi connectivity index (χ1) is 13.6. The van der Waals surface area contributed by atoms with Gasteiger partial charge in [-0.1, -0.05) is 54.6 Å². The normalized spacial score (nSPS) is 10.9. The molecule has 0 saturated heterocycles. The minimum Gasteiger partial charge on any atom is -0.504 e. The van der Waals surface area contributed by atoms with Crippen LogP contribution in [0.4, 0.5) is 5.88 Å². The van der Waals surface area contributed by atoms with Crippen molar-refractivity contribution in [2.75, 3.05) is 12.3 Å². The summed E-state index contributed by atoms with van der Waals surface area (Å²) in [5, 5.41) is 12.9. The molecule has 140 valence electrons. The Morgan fingerprint density at radius 2 is 1.82 bits per heavy atom. The molecule has 3 N–H and O–H groups in total. The second kappa shape index (κ2) is 7.12. The van der Waals surface area contributed by atoms with E-state index in [9.17, 15) is 9.90 Å². The van der Waals surface area contributed by atoms with Gasteiger partial charge in [0.25, 0.3) is 0 Å². The molecule has 0 spiro atoms. The van der Waals surface area contributed by atoms with Crippen LogP contribution in [0.25, 0.3) is 33.2 Å². The second-order valence-corrected chi connectivity index (χ2v) is 6.35. The monoisotopic (exact) mass is 373 g/mol. The van der Waals surface area contributed by atoms with Gasteiger partial charge in [0.05, 0.1) is 17.7 Å². The van der Waals surface area contributed by atoms with Crippen molar-refractivity contribution in [2.45, 2.75) is 6.92 Å². The fraction of sp³-hybridized carbons (Fsp3) is 0.0870. The molecular formula is C23H19NO4. The molecule has 28 heavy (non-hydrogen) atoms. The Morgan fingerprint density at radius 3 is 2.64 bits per heavy atom. The van der Waals surface area contributed by atoms with Crippen molar-refractivity contribution in [3.05, 3.63) is 72.3 Å². The molecule has 0 unspecified atom stereocenters. The topological polar surface area (TPSA) is 85.7 Å². The van der Waals surface area contributed by atoms with E-state index < -0.39 is 5.97 Å². The van der Waals surface area contributed by atoms with E-state index in [0.717, 1.165) is 16.3 Å². The first-order valence-corrected chi connectivity index (χ1v) is 8.97. The largest absolute Gasteiger partial charge is 0.504 e. The number of furan rings is 1. The van der Waals surface area contributed by atoms with Crippen molar-refractivity contribution in [3.63, 3.8) is 0 Å². The molecule has 5 nitrogen and oxygen atoms in total. The summed E-state index contributed by atoms with van der Waals surface area (Å²) in [5.74, 6) is -0.109. The van der Waals surface area contributed by atoms with Gasteiger partial charge < -0.3 is 20.0 Å². The minimum atomic E-state index is -0.430. The number of fused-ring (bicyclic) bond motifs is 1. The van der Waals surface area contributed by atoms with Gasteiger partial charge in [0.15, 0.2) is 11.5 Å². The van der Waals surface area contributed by atoms with Gasteiger partial charge in [-0.05, 0) is 35.4 Å². The van der Waals surface area contributed by atoms with Crippen LogP contribution in [0.2, 0.25) is 0 Å². The Hall–Kier alpha value is -3.73. The number of nitrogen functional groups attached to an aromatic ring is 1. The first-order valence-electron chi connectivity index (χ1n) is 8.97. The molecule has 0 fully saturated rings. The molecular weight excluding hydrogens is 354 g/mol. The van der Waals surface area contributed by atoms with Gasteiger partial charge in [-0.3, -0.25) is 0 Å². The molecule has 0 bridgehead atoms. The molecule has 0 aliphatic carbocycles. The number of anilines is 1. The minimum absolute atomic E-state index is 0.0603. The molecule has 3 aromatic carbocycles. The van der Waals surface area contributed by atoms with Crippen LogP contribution in [0.1, 0.15) is 17.3 Å². The number of carbonyl (C=O) groups excluding carboxylic acids is 1. The number of aromatic hydroxyl groups is 1. The van der Waals surface area contributed by atoms with E-state index in [1.165, 1.54) is 0 Å². The van der Waals surface area contributed by atoms with Crippen molar-refractivity contribution < 1.29 is 19.1 Å². The summed E-state index contributed by atoms with van der Waals surface area (Å²) in [4.78, 5) is 12.0. The smallest absolute Gasteiger partial charge is 0.338 e. The summed E-state index contributed by atoms with van der Waals surface area (Å²) in [6, 6.07) is 20.4. The summed E-state index contributed by atoms with van der Waals surface area (Å²) in [5.41, 5.74) is 8.16. The number of hydrogen-bond acceptors (Lipinski definition) is 5. The summed E-state index contributed by atoms with van der Waals surface area (Å²) >= 11 is 0. The summed E-state index contributed by atoms with van der Waals surface area (Å²) in [6.45, 7) is 2.03. The van der Waals surface area contributed by atoms with Crippen LogP contribution in [-0.2, 0) is 4.74 Å². The number of hydrogen-bond donors (Lipinski definition) is 2. The van der Waals surface area contributed by atoms with Crippen LogP contribution < -0.4 is 5.73 Å². The zero-order chi connectivity index (χ0) is 19.7. The molecule has 0 aliphatic heterocycles. The van der Waals surface area contributed by atoms with Crippen LogP contribution in [-0.4, -0.2) is 17.7 Å². The Morgan fingerprint density at radius 1 is 1.07 bits per heavy atom. The number of carbonyl (C=O) groups is 1. The number of rotatable bonds is 4. The second-order valence-electron chi connectivity index (χ2n) is 6.35. The van der Waals surface area contributed by atoms with Gasteiger partial charge >= 0.3 is 5.97 Å². The predicted octanol–water partition coefficient (Wildman–Crippen LogP) is 5.23. The fourth-order valence-electron chi connectivity index (χ4n) is 3.34.